The van der Waals surface area contributed by atoms with E-state index in [-0.39, 0.29) is 5.57 Å². The molecule has 0 fully saturated rings. The topological polar surface area (TPSA) is 54.4 Å². The van der Waals surface area contributed by atoms with Gasteiger partial charge in [-0.15, -0.1) is 0 Å². The molecule has 0 aliphatic carbocycles. The molecule has 0 heterocycles. The molecule has 0 unspecified atom stereocenters. The Morgan fingerprint density at radius 3 is 1.89 bits per heavy atom. The summed E-state index contributed by atoms with van der Waals surface area (Å²) < 4.78 is 0. The fourth-order valence-corrected chi connectivity index (χ4v) is 1.73. The van der Waals surface area contributed by atoms with E-state index >= 15 is 0 Å². The zero-order valence-electron chi connectivity index (χ0n) is 10.1. The smallest absolute Gasteiger partial charge is 0.377 e. The van der Waals surface area contributed by atoms with Crippen LogP contribution in [0.4, 0.5) is 0 Å². The van der Waals surface area contributed by atoms with Gasteiger partial charge in [0.1, 0.15) is 0 Å². The zero-order valence-corrected chi connectivity index (χ0v) is 10.1. The normalized spacial score (nSPS) is 11.1. The van der Waals surface area contributed by atoms with Gasteiger partial charge in [0, 0.05) is 5.57 Å². The number of benzene rings is 2. The van der Waals surface area contributed by atoms with Crippen molar-refractivity contribution in [1.29, 1.82) is 0 Å². The number of carbonyl (C=O) groups is 2. The first-order chi connectivity index (χ1) is 9.18. The predicted molar refractivity (Wildman–Crippen MR) is 73.4 cm³/mol. The summed E-state index contributed by atoms with van der Waals surface area (Å²) in [4.78, 5) is 22.7. The lowest BCUT2D eigenvalue weighted by atomic mass is 9.99. The van der Waals surface area contributed by atoms with E-state index in [1.165, 1.54) is 0 Å². The molecule has 0 aliphatic rings. The van der Waals surface area contributed by atoms with Crippen molar-refractivity contribution in [3.05, 3.63) is 71.8 Å². The summed E-state index contributed by atoms with van der Waals surface area (Å²) >= 11 is 0. The Morgan fingerprint density at radius 2 is 1.37 bits per heavy atom. The molecule has 0 saturated heterocycles. The highest BCUT2D eigenvalue weighted by Gasteiger charge is 2.19. The number of carbonyl (C=O) groups excluding carboxylic acids is 1. The van der Waals surface area contributed by atoms with Crippen LogP contribution in [0.15, 0.2) is 60.7 Å². The van der Waals surface area contributed by atoms with Gasteiger partial charge in [0.25, 0.3) is 5.78 Å². The van der Waals surface area contributed by atoms with E-state index in [1.807, 2.05) is 36.4 Å². The summed E-state index contributed by atoms with van der Waals surface area (Å²) in [5, 5.41) is 8.90. The number of ketones is 1. The molecular weight excluding hydrogens is 240 g/mol. The van der Waals surface area contributed by atoms with Gasteiger partial charge in [-0.05, 0) is 17.2 Å². The first-order valence-corrected chi connectivity index (χ1v) is 5.78. The molecule has 2 aromatic rings. The maximum atomic E-state index is 11.8. The Labute approximate surface area is 110 Å². The highest BCUT2D eigenvalue weighted by Crippen LogP contribution is 2.19. The van der Waals surface area contributed by atoms with Crippen LogP contribution < -0.4 is 0 Å². The predicted octanol–water partition coefficient (Wildman–Crippen LogP) is 2.88. The third-order valence-corrected chi connectivity index (χ3v) is 2.63. The monoisotopic (exact) mass is 252 g/mol. The molecule has 0 radical (unpaired) electrons. The molecule has 0 amide bonds. The average Bonchev–Trinajstić information content (AvgIpc) is 2.46. The zero-order chi connectivity index (χ0) is 13.7. The minimum atomic E-state index is -1.45. The quantitative estimate of drug-likeness (QED) is 0.517. The van der Waals surface area contributed by atoms with Gasteiger partial charge in [0.2, 0.25) is 0 Å². The van der Waals surface area contributed by atoms with Gasteiger partial charge in [-0.1, -0.05) is 60.7 Å². The van der Waals surface area contributed by atoms with Crippen molar-refractivity contribution in [2.75, 3.05) is 0 Å². The van der Waals surface area contributed by atoms with E-state index in [0.29, 0.717) is 5.56 Å². The number of carboxylic acids is 1. The van der Waals surface area contributed by atoms with Gasteiger partial charge in [-0.2, -0.15) is 0 Å². The molecule has 3 nitrogen and oxygen atoms in total. The maximum Gasteiger partial charge on any atom is 0.377 e. The number of hydrogen-bond donors (Lipinski definition) is 1. The van der Waals surface area contributed by atoms with Crippen molar-refractivity contribution in [3.63, 3.8) is 0 Å². The van der Waals surface area contributed by atoms with Gasteiger partial charge in [0.05, 0.1) is 0 Å². The summed E-state index contributed by atoms with van der Waals surface area (Å²) in [5.74, 6) is -2.36. The summed E-state index contributed by atoms with van der Waals surface area (Å²) in [5.41, 5.74) is 1.56. The second-order valence-electron chi connectivity index (χ2n) is 3.97. The molecule has 3 heteroatoms. The molecule has 0 aliphatic heterocycles. The van der Waals surface area contributed by atoms with E-state index in [0.717, 1.165) is 5.56 Å². The highest BCUT2D eigenvalue weighted by atomic mass is 16.4. The lowest BCUT2D eigenvalue weighted by Gasteiger charge is -2.04. The first kappa shape index (κ1) is 12.8. The van der Waals surface area contributed by atoms with Crippen molar-refractivity contribution < 1.29 is 14.7 Å². The SMILES string of the molecule is O=C(O)C(=O)/C(=C\c1ccccc1)c1ccccc1. The fraction of sp³-hybridized carbons (Fsp3) is 0. The van der Waals surface area contributed by atoms with E-state index in [4.69, 9.17) is 5.11 Å². The molecule has 94 valence electrons. The van der Waals surface area contributed by atoms with Crippen molar-refractivity contribution in [2.24, 2.45) is 0 Å². The lowest BCUT2D eigenvalue weighted by molar-refractivity contribution is -0.146. The average molecular weight is 252 g/mol. The number of rotatable bonds is 4. The van der Waals surface area contributed by atoms with Crippen LogP contribution in [0, 0.1) is 0 Å². The van der Waals surface area contributed by atoms with Gasteiger partial charge < -0.3 is 5.11 Å². The molecule has 0 atom stereocenters. The van der Waals surface area contributed by atoms with Crippen molar-refractivity contribution in [3.8, 4) is 0 Å². The van der Waals surface area contributed by atoms with Crippen LogP contribution in [0.1, 0.15) is 11.1 Å². The summed E-state index contributed by atoms with van der Waals surface area (Å²) in [6.07, 6.45) is 1.59. The van der Waals surface area contributed by atoms with E-state index in [2.05, 4.69) is 0 Å². The first-order valence-electron chi connectivity index (χ1n) is 5.78. The Morgan fingerprint density at radius 1 is 0.842 bits per heavy atom. The van der Waals surface area contributed by atoms with Crippen molar-refractivity contribution in [1.82, 2.24) is 0 Å². The number of hydrogen-bond acceptors (Lipinski definition) is 2. The van der Waals surface area contributed by atoms with Crippen LogP contribution in [0.3, 0.4) is 0 Å². The molecule has 0 saturated carbocycles. The van der Waals surface area contributed by atoms with E-state index in [1.54, 1.807) is 30.3 Å². The van der Waals surface area contributed by atoms with Crippen LogP contribution >= 0.6 is 0 Å². The largest absolute Gasteiger partial charge is 0.475 e. The Hall–Kier alpha value is -2.68. The third kappa shape index (κ3) is 3.16. The minimum Gasteiger partial charge on any atom is -0.475 e. The molecule has 0 aromatic heterocycles. The minimum absolute atomic E-state index is 0.180. The van der Waals surface area contributed by atoms with Gasteiger partial charge in [-0.25, -0.2) is 4.79 Å². The summed E-state index contributed by atoms with van der Waals surface area (Å²) in [7, 11) is 0. The van der Waals surface area contributed by atoms with Gasteiger partial charge >= 0.3 is 5.97 Å². The molecule has 2 aromatic carbocycles. The number of carboxylic acid groups (broad SMARTS) is 1. The van der Waals surface area contributed by atoms with Gasteiger partial charge in [-0.3, -0.25) is 4.79 Å². The summed E-state index contributed by atoms with van der Waals surface area (Å²) in [6, 6.07) is 17.9. The standard InChI is InChI=1S/C16H12O3/c17-15(16(18)19)14(13-9-5-2-6-10-13)11-12-7-3-1-4-8-12/h1-11H,(H,18,19)/b14-11-. The second-order valence-corrected chi connectivity index (χ2v) is 3.97. The van der Waals surface area contributed by atoms with Crippen molar-refractivity contribution >= 4 is 23.4 Å². The third-order valence-electron chi connectivity index (χ3n) is 2.63. The number of Topliss-reactive ketones (excluding diaryl/α,β-unsaturated/α-hetero) is 1. The van der Waals surface area contributed by atoms with Crippen LogP contribution in [0.25, 0.3) is 11.6 Å². The van der Waals surface area contributed by atoms with Crippen LogP contribution in [0.5, 0.6) is 0 Å². The van der Waals surface area contributed by atoms with E-state index < -0.39 is 11.8 Å². The van der Waals surface area contributed by atoms with E-state index in [9.17, 15) is 9.59 Å². The molecule has 1 N–H and O–H groups in total. The fourth-order valence-electron chi connectivity index (χ4n) is 1.73. The summed E-state index contributed by atoms with van der Waals surface area (Å²) in [6.45, 7) is 0. The van der Waals surface area contributed by atoms with Crippen LogP contribution in [-0.4, -0.2) is 16.9 Å². The maximum absolute atomic E-state index is 11.8. The van der Waals surface area contributed by atoms with Gasteiger partial charge in [0.15, 0.2) is 0 Å². The Bertz CT molecular complexity index is 613. The Balaban J connectivity index is 2.50. The lowest BCUT2D eigenvalue weighted by Crippen LogP contribution is -2.14. The molecule has 19 heavy (non-hydrogen) atoms. The second kappa shape index (κ2) is 5.78. The van der Waals surface area contributed by atoms with Crippen molar-refractivity contribution in [2.45, 2.75) is 0 Å². The molecule has 0 bridgehead atoms. The molecule has 2 rings (SSSR count). The van der Waals surface area contributed by atoms with Crippen LogP contribution in [-0.2, 0) is 9.59 Å². The van der Waals surface area contributed by atoms with Crippen LogP contribution in [0.2, 0.25) is 0 Å². The number of aliphatic carboxylic acids is 1. The molecular formula is C16H12O3. The Kier molecular flexibility index (Phi) is 3.88. The molecule has 0 spiro atoms. The highest BCUT2D eigenvalue weighted by molar-refractivity contribution is 6.52.